The third-order valence-corrected chi connectivity index (χ3v) is 29.2. The zero-order chi connectivity index (χ0) is 94.2. The molecule has 148 heavy (non-hydrogen) atoms. The number of benzene rings is 15. The van der Waals surface area contributed by atoms with Gasteiger partial charge in [0, 0.05) is 49.6 Å². The molecule has 15 aromatic carbocycles. The van der Waals surface area contributed by atoms with Crippen LogP contribution < -0.4 is 0 Å². The maximum atomic E-state index is 11.7. The first-order valence-electron chi connectivity index (χ1n) is 49.0. The van der Waals surface area contributed by atoms with E-state index in [4.69, 9.17) is 0 Å². The summed E-state index contributed by atoms with van der Waals surface area (Å²) >= 11 is 0. The fourth-order valence-corrected chi connectivity index (χ4v) is 21.4. The van der Waals surface area contributed by atoms with Crippen molar-refractivity contribution in [2.45, 2.75) is 247 Å². The quantitative estimate of drug-likeness (QED) is 0.0335. The van der Waals surface area contributed by atoms with Crippen LogP contribution in [0.15, 0.2) is 303 Å². The average molecular weight is 2110 g/mol. The van der Waals surface area contributed by atoms with E-state index >= 15 is 0 Å². The molecule has 15 aromatic rings. The molecule has 5 nitrogen and oxygen atoms in total. The molecule has 3 radical (unpaired) electrons. The van der Waals surface area contributed by atoms with Crippen molar-refractivity contribution in [2.24, 2.45) is 0 Å². The normalized spacial score (nSPS) is 12.3. The van der Waals surface area contributed by atoms with Gasteiger partial charge >= 0.3 is 86.9 Å². The number of hydrogen-bond donors (Lipinski definition) is 5. The minimum atomic E-state index is -0.143. The molecule has 0 heterocycles. The van der Waals surface area contributed by atoms with Crippen molar-refractivity contribution in [1.82, 2.24) is 0 Å². The second kappa shape index (κ2) is 57.0. The van der Waals surface area contributed by atoms with Crippen LogP contribution in [0.2, 0.25) is 0 Å². The molecule has 0 fully saturated rings. The molecule has 0 atom stereocenters. The van der Waals surface area contributed by atoms with E-state index in [1.54, 1.807) is 12.1 Å². The van der Waals surface area contributed by atoms with Crippen LogP contribution in [0.3, 0.4) is 0 Å². The molecule has 0 saturated heterocycles. The molecule has 0 bridgehead atoms. The molecule has 0 spiro atoms. The van der Waals surface area contributed by atoms with Gasteiger partial charge in [-0.2, -0.15) is 0 Å². The topological polar surface area (TPSA) is 101 Å². The minimum Gasteiger partial charge on any atom is -0.507 e. The van der Waals surface area contributed by atoms with Gasteiger partial charge in [0.1, 0.15) is 28.7 Å². The summed E-state index contributed by atoms with van der Waals surface area (Å²) in [5, 5.41) is 52.9. The van der Waals surface area contributed by atoms with Gasteiger partial charge in [0.2, 0.25) is 0 Å². The Morgan fingerprint density at radius 3 is 0.912 bits per heavy atom. The predicted octanol–water partition coefficient (Wildman–Crippen LogP) is 40.2. The van der Waals surface area contributed by atoms with E-state index in [1.807, 2.05) is 54.6 Å². The van der Waals surface area contributed by atoms with Crippen LogP contribution in [-0.2, 0) is 127 Å². The van der Waals surface area contributed by atoms with Crippen LogP contribution in [0.25, 0.3) is 111 Å². The number of aromatic hydroxyl groups is 5. The Morgan fingerprint density at radius 2 is 0.534 bits per heavy atom. The maximum Gasteiger partial charge on any atom is 3.00 e. The number of phenols is 5. The van der Waals surface area contributed by atoms with E-state index in [-0.39, 0.29) is 196 Å². The van der Waals surface area contributed by atoms with Crippen LogP contribution in [-0.4, -0.2) is 25.5 Å². The minimum absolute atomic E-state index is 0. The molecule has 5 aliphatic rings. The number of unbranched alkanes of at least 4 members (excludes halogenated alkanes) is 6. The number of rotatable bonds is 18. The first-order chi connectivity index (χ1) is 63.7. The number of phenolic OH excluding ortho intramolecular Hbond substituents is 5. The third-order valence-electron chi connectivity index (χ3n) is 29.2. The van der Waals surface area contributed by atoms with E-state index < -0.39 is 0 Å². The second-order valence-corrected chi connectivity index (χ2v) is 42.0. The molecule has 771 valence electrons. The van der Waals surface area contributed by atoms with Crippen LogP contribution in [0.4, 0.5) is 0 Å². The van der Waals surface area contributed by atoms with Gasteiger partial charge in [0.15, 0.2) is 0 Å². The summed E-state index contributed by atoms with van der Waals surface area (Å²) in [4.78, 5) is 0. The van der Waals surface area contributed by atoms with Crippen LogP contribution >= 0.6 is 0 Å². The van der Waals surface area contributed by atoms with E-state index in [2.05, 4.69) is 361 Å². The first-order valence-corrected chi connectivity index (χ1v) is 49.0. The van der Waals surface area contributed by atoms with Crippen molar-refractivity contribution >= 4 is 0 Å². The van der Waals surface area contributed by atoms with Crippen molar-refractivity contribution in [2.75, 3.05) is 0 Å². The van der Waals surface area contributed by atoms with Crippen LogP contribution in [0.5, 0.6) is 28.7 Å². The Balaban J connectivity index is 0.000000920. The van der Waals surface area contributed by atoms with Gasteiger partial charge < -0.3 is 107 Å². The van der Waals surface area contributed by atoms with Gasteiger partial charge in [0.05, 0.1) is 0 Å². The standard InChI is InChI=1S/C39H54O.C27H30O.C24H24O.2C19H14O.11CH3.4Ti/c1-9-11-13-17-23-39(24-18-14-12-10-2)33-20-16-15-19-30(33)31-22-21-28(25-34(31)39)32-26-29(37(3,4)5)27-35(36(32)40)38(6,7)8;1-16(2)18-8-11-22-23-12-9-20(14-25(23)27(5,6)24(22)13-18)21-10-7-19(17(3)4)15-26(21)28;1-15(2)16-9-11-18(23(25)14-16)17-10-12-20-19-7-5-6-8-21(19)24(3,4)22(20)13-17;2*20-19-8-4-3-7-18(19)14-9-10-17-15(12-14)11-13-5-1-2-6-16(13)17;;;;;;;;;;;;;;;/h15-16,19-22,25-27,40H,9-14,17-18,23-24H2,1-8H3;7-17,28H,1-6H3;5-15,25H,1-4H3;2*1-10,12,20H,11H2;11*1H3;;;;/q;;;;;11*-1;+2;3*+3. The third kappa shape index (κ3) is 28.0. The van der Waals surface area contributed by atoms with E-state index in [9.17, 15) is 25.5 Å². The molecule has 9 heteroatoms. The number of fused-ring (bicyclic) bond motifs is 15. The molecule has 5 aliphatic carbocycles. The van der Waals surface area contributed by atoms with E-state index in [1.165, 1.54) is 187 Å². The molecule has 0 aliphatic heterocycles. The molecule has 5 N–H and O–H groups in total. The average Bonchev–Trinajstić information content (AvgIpc) is 1.57. The van der Waals surface area contributed by atoms with Crippen LogP contribution in [0.1, 0.15) is 290 Å². The second-order valence-electron chi connectivity index (χ2n) is 42.0. The molecule has 0 amide bonds. The number of para-hydroxylation sites is 2. The van der Waals surface area contributed by atoms with Gasteiger partial charge in [-0.25, -0.2) is 0 Å². The van der Waals surface area contributed by atoms with Crippen molar-refractivity contribution in [3.05, 3.63) is 468 Å². The summed E-state index contributed by atoms with van der Waals surface area (Å²) in [7, 11) is 0. The summed E-state index contributed by atoms with van der Waals surface area (Å²) in [6.45, 7) is 40.3. The fourth-order valence-electron chi connectivity index (χ4n) is 21.4. The van der Waals surface area contributed by atoms with Gasteiger partial charge in [0.25, 0.3) is 0 Å². The summed E-state index contributed by atoms with van der Waals surface area (Å²) in [6, 6.07) is 107. The summed E-state index contributed by atoms with van der Waals surface area (Å²) in [6.07, 6.45) is 14.6. The van der Waals surface area contributed by atoms with E-state index in [0.717, 1.165) is 85.2 Å². The SMILES string of the molecule is CC(C)c1ccc(-c2ccc3c(c2)C(C)(C)c2cc(C(C)C)ccc2-3)c(O)c1.CC(C)c1ccc(-c2ccc3c(c2)C(C)(C)c2ccccc2-3)c(O)c1.CCCCCCC1(CCCCCC)c2ccccc2-c2ccc(-c3cc(C(C)(C)C)cc(C(C)(C)C)c3O)cc21.Oc1ccccc1-c1ccc2c(c1)Cc1ccccc1-2.Oc1ccccc1-c1ccc2c(c1)Cc1ccccc1-2.[CH3-].[CH3-].[CH3-].[CH3-].[CH3-].[CH3-].[CH3-].[CH3-].[CH3-].[CH3-].[CH3-].[Ti+2].[Ti+3].[Ti+3].[Ti+3]. The van der Waals surface area contributed by atoms with Gasteiger partial charge in [-0.3, -0.25) is 0 Å². The fraction of sp³-hybridized carbons (Fsp3) is 0.273. The summed E-state index contributed by atoms with van der Waals surface area (Å²) in [5.74, 6) is 3.17. The summed E-state index contributed by atoms with van der Waals surface area (Å²) in [5.41, 5.74) is 43.2. The zero-order valence-corrected chi connectivity index (χ0v) is 101. The van der Waals surface area contributed by atoms with Crippen LogP contribution in [0, 0.1) is 81.7 Å². The predicted molar refractivity (Wildman–Crippen MR) is 633 cm³/mol. The smallest absolute Gasteiger partial charge is 0.507 e. The van der Waals surface area contributed by atoms with Gasteiger partial charge in [-0.05, 0) is 264 Å². The Hall–Kier alpha value is -9.84. The Kier molecular flexibility index (Phi) is 52.5. The molecule has 0 unspecified atom stereocenters. The molecular formula is C139H169O5Ti4. The zero-order valence-electron chi connectivity index (χ0n) is 94.8. The van der Waals surface area contributed by atoms with Gasteiger partial charge in [-0.1, -0.05) is 431 Å². The van der Waals surface area contributed by atoms with Gasteiger partial charge in [-0.15, -0.1) is 0 Å². The van der Waals surface area contributed by atoms with Crippen molar-refractivity contribution < 1.29 is 112 Å². The van der Waals surface area contributed by atoms with Crippen molar-refractivity contribution in [3.63, 3.8) is 0 Å². The molecular weight excluding hydrogens is 1940 g/mol. The first kappa shape index (κ1) is 136. The Labute approximate surface area is 958 Å². The van der Waals surface area contributed by atoms with E-state index in [0.29, 0.717) is 46.5 Å². The molecule has 0 aromatic heterocycles. The maximum absolute atomic E-state index is 11.7. The van der Waals surface area contributed by atoms with Crippen molar-refractivity contribution in [3.8, 4) is 140 Å². The molecule has 0 saturated carbocycles. The van der Waals surface area contributed by atoms with Crippen molar-refractivity contribution in [1.29, 1.82) is 0 Å². The summed E-state index contributed by atoms with van der Waals surface area (Å²) < 4.78 is 0. The Bertz CT molecular complexity index is 6670. The monoisotopic (exact) mass is 2110 g/mol. The number of hydrogen-bond acceptors (Lipinski definition) is 5. The largest absolute Gasteiger partial charge is 3.00 e. The Morgan fingerprint density at radius 1 is 0.250 bits per heavy atom. The molecule has 20 rings (SSSR count).